The zero-order chi connectivity index (χ0) is 20.8. The van der Waals surface area contributed by atoms with Gasteiger partial charge >= 0.3 is 0 Å². The molecule has 1 aromatic carbocycles. The molecule has 6 heteroatoms. The number of aromatic nitrogens is 5. The maximum atomic E-state index is 4.72. The molecule has 0 atom stereocenters. The van der Waals surface area contributed by atoms with E-state index in [2.05, 4.69) is 56.3 Å². The second-order valence-corrected chi connectivity index (χ2v) is 8.35. The minimum atomic E-state index is 0.930. The number of rotatable bonds is 3. The highest BCUT2D eigenvalue weighted by Crippen LogP contribution is 2.35. The lowest BCUT2D eigenvalue weighted by Crippen LogP contribution is -2.30. The summed E-state index contributed by atoms with van der Waals surface area (Å²) in [6.45, 7) is 4.27. The largest absolute Gasteiger partial charge is 0.356 e. The van der Waals surface area contributed by atoms with Gasteiger partial charge in [-0.2, -0.15) is 5.10 Å². The summed E-state index contributed by atoms with van der Waals surface area (Å²) >= 11 is 0. The van der Waals surface area contributed by atoms with Gasteiger partial charge in [-0.15, -0.1) is 0 Å². The highest BCUT2D eigenvalue weighted by molar-refractivity contribution is 6.00. The van der Waals surface area contributed by atoms with Crippen LogP contribution in [0, 0.1) is 6.92 Å². The Labute approximate surface area is 180 Å². The number of piperidine rings is 1. The molecule has 1 aliphatic heterocycles. The molecule has 0 aliphatic carbocycles. The summed E-state index contributed by atoms with van der Waals surface area (Å²) in [5.41, 5.74) is 7.56. The maximum absolute atomic E-state index is 4.72. The molecule has 0 saturated carbocycles. The van der Waals surface area contributed by atoms with E-state index in [4.69, 9.17) is 4.98 Å². The molecule has 2 N–H and O–H groups in total. The first kappa shape index (κ1) is 18.1. The molecular weight excluding hydrogens is 384 g/mol. The summed E-state index contributed by atoms with van der Waals surface area (Å²) in [6, 6.07) is 12.7. The standard InChI is InChI=1S/C25H24N6/c1-16-7-9-26-15-20(16)17-5-6-22-18(13-17)24(30-29-22)23-14-19-21(28-23)8-10-27-25(19)31-11-3-2-4-12-31/h5-10,13-15,28H,2-4,11-12H2,1H3,(H,29,30). The van der Waals surface area contributed by atoms with Crippen LogP contribution in [0.3, 0.4) is 0 Å². The molecule has 6 rings (SSSR count). The minimum Gasteiger partial charge on any atom is -0.356 e. The van der Waals surface area contributed by atoms with Crippen LogP contribution in [0.15, 0.2) is 55.0 Å². The van der Waals surface area contributed by atoms with Crippen LogP contribution in [0.1, 0.15) is 24.8 Å². The molecule has 0 radical (unpaired) electrons. The van der Waals surface area contributed by atoms with Gasteiger partial charge in [-0.1, -0.05) is 6.07 Å². The van der Waals surface area contributed by atoms with Gasteiger partial charge in [0, 0.05) is 48.0 Å². The monoisotopic (exact) mass is 408 g/mol. The number of anilines is 1. The summed E-state index contributed by atoms with van der Waals surface area (Å²) in [5.74, 6) is 1.08. The molecule has 4 aromatic heterocycles. The van der Waals surface area contributed by atoms with Crippen LogP contribution in [-0.4, -0.2) is 38.2 Å². The first-order valence-electron chi connectivity index (χ1n) is 10.9. The summed E-state index contributed by atoms with van der Waals surface area (Å²) in [7, 11) is 0. The van der Waals surface area contributed by atoms with Crippen LogP contribution in [0.5, 0.6) is 0 Å². The van der Waals surface area contributed by atoms with E-state index in [1.807, 2.05) is 30.7 Å². The summed E-state index contributed by atoms with van der Waals surface area (Å²) in [5, 5.41) is 10.1. The van der Waals surface area contributed by atoms with E-state index >= 15 is 0 Å². The molecule has 0 amide bonds. The first-order valence-corrected chi connectivity index (χ1v) is 10.9. The maximum Gasteiger partial charge on any atom is 0.137 e. The molecule has 6 nitrogen and oxygen atoms in total. The fourth-order valence-corrected chi connectivity index (χ4v) is 4.68. The number of fused-ring (bicyclic) bond motifs is 2. The molecule has 5 heterocycles. The number of hydrogen-bond acceptors (Lipinski definition) is 4. The van der Waals surface area contributed by atoms with Crippen molar-refractivity contribution in [3.8, 4) is 22.5 Å². The van der Waals surface area contributed by atoms with E-state index in [0.717, 1.165) is 63.2 Å². The van der Waals surface area contributed by atoms with Crippen LogP contribution >= 0.6 is 0 Å². The Morgan fingerprint density at radius 1 is 0.903 bits per heavy atom. The van der Waals surface area contributed by atoms with Gasteiger partial charge in [-0.05, 0) is 67.6 Å². The van der Waals surface area contributed by atoms with E-state index in [9.17, 15) is 0 Å². The van der Waals surface area contributed by atoms with Gasteiger partial charge in [-0.25, -0.2) is 4.98 Å². The third-order valence-electron chi connectivity index (χ3n) is 6.35. The Bertz CT molecular complexity index is 1390. The quantitative estimate of drug-likeness (QED) is 0.415. The number of hydrogen-bond donors (Lipinski definition) is 2. The van der Waals surface area contributed by atoms with Gasteiger partial charge in [0.05, 0.1) is 16.7 Å². The van der Waals surface area contributed by atoms with Gasteiger partial charge in [0.1, 0.15) is 11.5 Å². The molecule has 31 heavy (non-hydrogen) atoms. The zero-order valence-corrected chi connectivity index (χ0v) is 17.5. The number of nitrogens with one attached hydrogen (secondary N) is 2. The van der Waals surface area contributed by atoms with Crippen molar-refractivity contribution in [3.05, 3.63) is 60.6 Å². The van der Waals surface area contributed by atoms with Gasteiger partial charge in [0.15, 0.2) is 0 Å². The molecular formula is C25H24N6. The van der Waals surface area contributed by atoms with Crippen LogP contribution in [-0.2, 0) is 0 Å². The number of H-pyrrole nitrogens is 2. The number of pyridine rings is 2. The summed E-state index contributed by atoms with van der Waals surface area (Å²) in [4.78, 5) is 15.0. The molecule has 1 saturated heterocycles. The average Bonchev–Trinajstić information content (AvgIpc) is 3.43. The molecule has 5 aromatic rings. The zero-order valence-electron chi connectivity index (χ0n) is 17.5. The number of aryl methyl sites for hydroxylation is 1. The van der Waals surface area contributed by atoms with E-state index < -0.39 is 0 Å². The van der Waals surface area contributed by atoms with Gasteiger partial charge in [0.25, 0.3) is 0 Å². The van der Waals surface area contributed by atoms with Gasteiger partial charge in [0.2, 0.25) is 0 Å². The predicted octanol–water partition coefficient (Wildman–Crippen LogP) is 5.47. The number of nitrogens with zero attached hydrogens (tertiary/aromatic N) is 4. The topological polar surface area (TPSA) is 73.5 Å². The lowest BCUT2D eigenvalue weighted by atomic mass is 10.0. The van der Waals surface area contributed by atoms with E-state index in [1.165, 1.54) is 24.8 Å². The Morgan fingerprint density at radius 2 is 1.81 bits per heavy atom. The van der Waals surface area contributed by atoms with Crippen molar-refractivity contribution in [2.24, 2.45) is 0 Å². The minimum absolute atomic E-state index is 0.930. The Balaban J connectivity index is 1.47. The van der Waals surface area contributed by atoms with Crippen LogP contribution in [0.2, 0.25) is 0 Å². The molecule has 1 aliphatic rings. The van der Waals surface area contributed by atoms with Gasteiger partial charge in [-0.3, -0.25) is 10.1 Å². The molecule has 1 fully saturated rings. The van der Waals surface area contributed by atoms with E-state index in [-0.39, 0.29) is 0 Å². The predicted molar refractivity (Wildman–Crippen MR) is 125 cm³/mol. The fourth-order valence-electron chi connectivity index (χ4n) is 4.68. The number of benzene rings is 1. The Morgan fingerprint density at radius 3 is 2.68 bits per heavy atom. The molecule has 0 bridgehead atoms. The average molecular weight is 409 g/mol. The lowest BCUT2D eigenvalue weighted by molar-refractivity contribution is 0.575. The highest BCUT2D eigenvalue weighted by Gasteiger charge is 2.18. The van der Waals surface area contributed by atoms with E-state index in [0.29, 0.717) is 0 Å². The van der Waals surface area contributed by atoms with Crippen molar-refractivity contribution in [2.45, 2.75) is 26.2 Å². The Hall–Kier alpha value is -3.67. The fraction of sp³-hybridized carbons (Fsp3) is 0.240. The van der Waals surface area contributed by atoms with Crippen molar-refractivity contribution < 1.29 is 0 Å². The van der Waals surface area contributed by atoms with Crippen molar-refractivity contribution in [3.63, 3.8) is 0 Å². The second-order valence-electron chi connectivity index (χ2n) is 8.35. The van der Waals surface area contributed by atoms with Crippen LogP contribution in [0.4, 0.5) is 5.82 Å². The van der Waals surface area contributed by atoms with Gasteiger partial charge < -0.3 is 9.88 Å². The normalized spacial score (nSPS) is 14.5. The van der Waals surface area contributed by atoms with Crippen LogP contribution < -0.4 is 4.90 Å². The smallest absolute Gasteiger partial charge is 0.137 e. The molecule has 154 valence electrons. The highest BCUT2D eigenvalue weighted by atomic mass is 15.2. The molecule has 0 spiro atoms. The van der Waals surface area contributed by atoms with Crippen molar-refractivity contribution in [1.29, 1.82) is 0 Å². The molecule has 0 unspecified atom stereocenters. The SMILES string of the molecule is Cc1ccncc1-c1ccc2[nH]nc(-c3cc4c(N5CCCCC5)nccc4[nH]3)c2c1. The van der Waals surface area contributed by atoms with Crippen molar-refractivity contribution in [1.82, 2.24) is 25.1 Å². The third-order valence-corrected chi connectivity index (χ3v) is 6.35. The lowest BCUT2D eigenvalue weighted by Gasteiger charge is -2.28. The first-order chi connectivity index (χ1) is 15.3. The van der Waals surface area contributed by atoms with Crippen molar-refractivity contribution in [2.75, 3.05) is 18.0 Å². The summed E-state index contributed by atoms with van der Waals surface area (Å²) in [6.07, 6.45) is 9.43. The van der Waals surface area contributed by atoms with Crippen molar-refractivity contribution >= 4 is 27.6 Å². The second kappa shape index (κ2) is 7.23. The third kappa shape index (κ3) is 3.06. The summed E-state index contributed by atoms with van der Waals surface area (Å²) < 4.78 is 0. The Kier molecular flexibility index (Phi) is 4.23. The van der Waals surface area contributed by atoms with Crippen LogP contribution in [0.25, 0.3) is 44.3 Å². The number of aromatic amines is 2. The van der Waals surface area contributed by atoms with E-state index in [1.54, 1.807) is 0 Å².